The van der Waals surface area contributed by atoms with Crippen LogP contribution in [-0.4, -0.2) is 60.8 Å². The number of amides is 1. The first-order chi connectivity index (χ1) is 14.0. The highest BCUT2D eigenvalue weighted by Crippen LogP contribution is 2.39. The third-order valence-electron chi connectivity index (χ3n) is 4.84. The molecule has 3 aromatic rings. The lowest BCUT2D eigenvalue weighted by molar-refractivity contribution is -0.137. The fourth-order valence-corrected chi connectivity index (χ4v) is 3.85. The number of nitrogens with one attached hydrogen (secondary N) is 1. The van der Waals surface area contributed by atoms with Crippen molar-refractivity contribution in [3.63, 3.8) is 0 Å². The minimum atomic E-state index is -0.0704. The van der Waals surface area contributed by atoms with Gasteiger partial charge in [0.15, 0.2) is 18.1 Å². The van der Waals surface area contributed by atoms with Crippen molar-refractivity contribution in [1.82, 2.24) is 14.9 Å². The maximum atomic E-state index is 12.4. The standard InChI is InChI=1S/C21H22BrN3O4/c1-13-3-4-16-17(9-13)24-21(23-16)14-10-15(22)20(18(11-14)27-2)29-12-19(26)25-5-7-28-8-6-25/h3-4,9-11H,5-8,12H2,1-2H3,(H,23,24). The van der Waals surface area contributed by atoms with Crippen molar-refractivity contribution < 1.29 is 19.0 Å². The molecule has 1 N–H and O–H groups in total. The Labute approximate surface area is 177 Å². The van der Waals surface area contributed by atoms with Gasteiger partial charge >= 0.3 is 0 Å². The number of hydrogen-bond donors (Lipinski definition) is 1. The summed E-state index contributed by atoms with van der Waals surface area (Å²) in [6.07, 6.45) is 0. The van der Waals surface area contributed by atoms with E-state index in [0.29, 0.717) is 42.3 Å². The number of carbonyl (C=O) groups excluding carboxylic acids is 1. The normalized spacial score (nSPS) is 14.2. The van der Waals surface area contributed by atoms with E-state index in [4.69, 9.17) is 14.2 Å². The number of hydrogen-bond acceptors (Lipinski definition) is 5. The average Bonchev–Trinajstić information content (AvgIpc) is 3.16. The molecule has 8 heteroatoms. The number of H-pyrrole nitrogens is 1. The smallest absolute Gasteiger partial charge is 0.260 e. The molecular weight excluding hydrogens is 438 g/mol. The van der Waals surface area contributed by atoms with Gasteiger partial charge in [-0.3, -0.25) is 4.79 Å². The number of carbonyl (C=O) groups is 1. The number of aromatic nitrogens is 2. The summed E-state index contributed by atoms with van der Waals surface area (Å²) in [4.78, 5) is 22.1. The van der Waals surface area contributed by atoms with Crippen LogP contribution in [0.25, 0.3) is 22.4 Å². The molecule has 7 nitrogen and oxygen atoms in total. The van der Waals surface area contributed by atoms with Gasteiger partial charge in [-0.2, -0.15) is 0 Å². The first-order valence-electron chi connectivity index (χ1n) is 9.38. The fraction of sp³-hybridized carbons (Fsp3) is 0.333. The molecule has 1 fully saturated rings. The highest BCUT2D eigenvalue weighted by Gasteiger charge is 2.20. The third-order valence-corrected chi connectivity index (χ3v) is 5.43. The third kappa shape index (κ3) is 4.23. The molecule has 0 radical (unpaired) electrons. The van der Waals surface area contributed by atoms with Crippen molar-refractivity contribution in [3.8, 4) is 22.9 Å². The van der Waals surface area contributed by atoms with E-state index in [2.05, 4.69) is 32.0 Å². The second kappa shape index (κ2) is 8.42. The summed E-state index contributed by atoms with van der Waals surface area (Å²) in [6, 6.07) is 9.84. The maximum absolute atomic E-state index is 12.4. The van der Waals surface area contributed by atoms with Crippen LogP contribution in [0, 0.1) is 6.92 Å². The van der Waals surface area contributed by atoms with Gasteiger partial charge in [0, 0.05) is 18.7 Å². The van der Waals surface area contributed by atoms with Gasteiger partial charge in [-0.25, -0.2) is 4.98 Å². The lowest BCUT2D eigenvalue weighted by Gasteiger charge is -2.27. The van der Waals surface area contributed by atoms with E-state index in [0.717, 1.165) is 22.4 Å². The maximum Gasteiger partial charge on any atom is 0.260 e. The second-order valence-corrected chi connectivity index (χ2v) is 7.73. The Kier molecular flexibility index (Phi) is 5.73. The summed E-state index contributed by atoms with van der Waals surface area (Å²) < 4.78 is 17.3. The molecule has 1 aliphatic rings. The van der Waals surface area contributed by atoms with E-state index >= 15 is 0 Å². The molecule has 152 valence electrons. The molecule has 2 aromatic carbocycles. The van der Waals surface area contributed by atoms with Crippen LogP contribution in [0.15, 0.2) is 34.8 Å². The number of ether oxygens (including phenoxy) is 3. The molecule has 0 spiro atoms. The van der Waals surface area contributed by atoms with Gasteiger partial charge in [0.05, 0.1) is 35.8 Å². The van der Waals surface area contributed by atoms with Crippen LogP contribution in [0.4, 0.5) is 0 Å². The SMILES string of the molecule is COc1cc(-c2nc3ccc(C)cc3[nH]2)cc(Br)c1OCC(=O)N1CCOCC1. The van der Waals surface area contributed by atoms with Crippen LogP contribution < -0.4 is 9.47 Å². The molecule has 0 saturated carbocycles. The monoisotopic (exact) mass is 459 g/mol. The van der Waals surface area contributed by atoms with Crippen molar-refractivity contribution in [3.05, 3.63) is 40.4 Å². The van der Waals surface area contributed by atoms with E-state index in [1.54, 1.807) is 12.0 Å². The van der Waals surface area contributed by atoms with Crippen molar-refractivity contribution in [2.24, 2.45) is 0 Å². The van der Waals surface area contributed by atoms with Crippen LogP contribution in [-0.2, 0) is 9.53 Å². The van der Waals surface area contributed by atoms with Crippen molar-refractivity contribution >= 4 is 32.9 Å². The Balaban J connectivity index is 1.57. The van der Waals surface area contributed by atoms with E-state index < -0.39 is 0 Å². The number of nitrogens with zero attached hydrogens (tertiary/aromatic N) is 2. The van der Waals surface area contributed by atoms with Gasteiger partial charge in [0.25, 0.3) is 5.91 Å². The fourth-order valence-electron chi connectivity index (χ4n) is 3.29. The Morgan fingerprint density at radius 2 is 2.07 bits per heavy atom. The van der Waals surface area contributed by atoms with Gasteiger partial charge in [0.2, 0.25) is 0 Å². The Morgan fingerprint density at radius 3 is 2.83 bits per heavy atom. The van der Waals surface area contributed by atoms with Gasteiger partial charge in [-0.15, -0.1) is 0 Å². The van der Waals surface area contributed by atoms with Crippen molar-refractivity contribution in [2.75, 3.05) is 40.0 Å². The molecule has 4 rings (SSSR count). The molecule has 0 atom stereocenters. The molecule has 1 aliphatic heterocycles. The van der Waals surface area contributed by atoms with Crippen LogP contribution in [0.5, 0.6) is 11.5 Å². The first-order valence-corrected chi connectivity index (χ1v) is 10.2. The molecule has 1 saturated heterocycles. The average molecular weight is 460 g/mol. The van der Waals surface area contributed by atoms with Crippen LogP contribution in [0.1, 0.15) is 5.56 Å². The summed E-state index contributed by atoms with van der Waals surface area (Å²) in [6.45, 7) is 4.28. The molecule has 0 aliphatic carbocycles. The molecule has 1 amide bonds. The number of morpholine rings is 1. The predicted octanol–water partition coefficient (Wildman–Crippen LogP) is 3.55. The van der Waals surface area contributed by atoms with Gasteiger partial charge < -0.3 is 24.1 Å². The summed E-state index contributed by atoms with van der Waals surface area (Å²) in [5.41, 5.74) is 3.90. The quantitative estimate of drug-likeness (QED) is 0.631. The zero-order valence-corrected chi connectivity index (χ0v) is 17.9. The Bertz CT molecular complexity index is 1040. The van der Waals surface area contributed by atoms with E-state index in [9.17, 15) is 4.79 Å². The summed E-state index contributed by atoms with van der Waals surface area (Å²) in [5.74, 6) is 1.69. The Morgan fingerprint density at radius 1 is 1.28 bits per heavy atom. The molecule has 0 unspecified atom stereocenters. The number of rotatable bonds is 5. The van der Waals surface area contributed by atoms with Crippen molar-refractivity contribution in [1.29, 1.82) is 0 Å². The molecule has 29 heavy (non-hydrogen) atoms. The minimum Gasteiger partial charge on any atom is -0.493 e. The van der Waals surface area contributed by atoms with Gasteiger partial charge in [0.1, 0.15) is 5.82 Å². The summed E-state index contributed by atoms with van der Waals surface area (Å²) in [5, 5.41) is 0. The van der Waals surface area contributed by atoms with Gasteiger partial charge in [-0.1, -0.05) is 6.07 Å². The Hall–Kier alpha value is -2.58. The largest absolute Gasteiger partial charge is 0.493 e. The van der Waals surface area contributed by atoms with E-state index in [1.807, 2.05) is 31.2 Å². The number of halogens is 1. The highest BCUT2D eigenvalue weighted by atomic mass is 79.9. The lowest BCUT2D eigenvalue weighted by Crippen LogP contribution is -2.43. The number of methoxy groups -OCH3 is 1. The van der Waals surface area contributed by atoms with Crippen LogP contribution >= 0.6 is 15.9 Å². The number of benzene rings is 2. The van der Waals surface area contributed by atoms with Crippen molar-refractivity contribution in [2.45, 2.75) is 6.92 Å². The number of fused-ring (bicyclic) bond motifs is 1. The number of imidazole rings is 1. The molecule has 0 bridgehead atoms. The lowest BCUT2D eigenvalue weighted by atomic mass is 10.2. The molecular formula is C21H22BrN3O4. The molecule has 1 aromatic heterocycles. The zero-order valence-electron chi connectivity index (χ0n) is 16.3. The first kappa shape index (κ1) is 19.7. The van der Waals surface area contributed by atoms with E-state index in [1.165, 1.54) is 5.56 Å². The predicted molar refractivity (Wildman–Crippen MR) is 113 cm³/mol. The van der Waals surface area contributed by atoms with Crippen LogP contribution in [0.3, 0.4) is 0 Å². The summed E-state index contributed by atoms with van der Waals surface area (Å²) in [7, 11) is 1.57. The highest BCUT2D eigenvalue weighted by molar-refractivity contribution is 9.10. The summed E-state index contributed by atoms with van der Waals surface area (Å²) >= 11 is 3.55. The number of aromatic amines is 1. The zero-order chi connectivity index (χ0) is 20.4. The molecule has 2 heterocycles. The van der Waals surface area contributed by atoms with E-state index in [-0.39, 0.29) is 12.5 Å². The second-order valence-electron chi connectivity index (χ2n) is 6.88. The van der Waals surface area contributed by atoms with Crippen LogP contribution in [0.2, 0.25) is 0 Å². The minimum absolute atomic E-state index is 0.0573. The van der Waals surface area contributed by atoms with Gasteiger partial charge in [-0.05, 0) is 52.7 Å². The topological polar surface area (TPSA) is 76.7 Å². The number of aryl methyl sites for hydroxylation is 1.